The first-order valence-corrected chi connectivity index (χ1v) is 19.1. The van der Waals surface area contributed by atoms with Gasteiger partial charge in [0, 0.05) is 25.9 Å². The average Bonchev–Trinajstić information content (AvgIpc) is 4.08. The van der Waals surface area contributed by atoms with Gasteiger partial charge in [-0.05, 0) is 47.9 Å². The number of nitrogens with zero attached hydrogens (tertiary/aromatic N) is 6. The van der Waals surface area contributed by atoms with Crippen LogP contribution in [0.4, 0.5) is 9.59 Å². The van der Waals surface area contributed by atoms with Crippen molar-refractivity contribution in [2.45, 2.75) is 74.9 Å². The van der Waals surface area contributed by atoms with Crippen molar-refractivity contribution in [3.8, 4) is 33.6 Å². The summed E-state index contributed by atoms with van der Waals surface area (Å²) < 4.78 is 9.71. The summed E-state index contributed by atoms with van der Waals surface area (Å²) in [6.45, 7) is 1.22. The minimum atomic E-state index is -0.776. The summed E-state index contributed by atoms with van der Waals surface area (Å²) in [7, 11) is 2.54. The van der Waals surface area contributed by atoms with Crippen LogP contribution in [-0.2, 0) is 19.1 Å². The van der Waals surface area contributed by atoms with Crippen molar-refractivity contribution in [2.24, 2.45) is 0 Å². The lowest BCUT2D eigenvalue weighted by molar-refractivity contribution is -0.137. The van der Waals surface area contributed by atoms with Crippen LogP contribution < -0.4 is 0 Å². The first-order chi connectivity index (χ1) is 27.1. The van der Waals surface area contributed by atoms with Gasteiger partial charge in [-0.25, -0.2) is 19.6 Å². The normalized spacial score (nSPS) is 24.9. The maximum Gasteiger partial charge on any atom is 0.410 e. The number of likely N-dealkylation sites (tertiary alicyclic amines) is 4. The second-order valence-corrected chi connectivity index (χ2v) is 15.0. The number of nitrogens with one attached hydrogen (secondary N) is 2. The van der Waals surface area contributed by atoms with Crippen LogP contribution in [0.1, 0.15) is 62.3 Å². The molecule has 4 aromatic rings. The standard InChI is InChI=1S/C40H46N8O8/c1-55-39(53)47-21-27(49)17-33(47)37(51)45-15-3-5-31(45)35-41-19-29(43-35)25-11-7-23(8-12-25)24-9-13-26(14-10-24)30-20-42-36(44-30)32-6-4-16-46(32)38(52)34-18-28(50)22-48(34)40(54)56-2/h7-14,19-20,27-28,31-34,49-50H,3-6,15-18,21-22H2,1-2H3,(H,41,43)(H,42,44)/t27-,28-,31-,32-,33-,34-/m1/s1. The molecule has 16 nitrogen and oxygen atoms in total. The van der Waals surface area contributed by atoms with Crippen LogP contribution >= 0.6 is 0 Å². The number of aliphatic hydroxyl groups excluding tert-OH is 2. The minimum absolute atomic E-state index is 0.0668. The number of carbonyl (C=O) groups is 4. The van der Waals surface area contributed by atoms with E-state index in [2.05, 4.69) is 19.9 Å². The van der Waals surface area contributed by atoms with E-state index in [4.69, 9.17) is 9.47 Å². The first kappa shape index (κ1) is 37.2. The number of amides is 4. The van der Waals surface area contributed by atoms with Gasteiger partial charge in [0.25, 0.3) is 0 Å². The summed E-state index contributed by atoms with van der Waals surface area (Å²) in [5.41, 5.74) is 5.61. The van der Waals surface area contributed by atoms with Gasteiger partial charge in [0.1, 0.15) is 23.7 Å². The second-order valence-electron chi connectivity index (χ2n) is 15.0. The molecule has 0 radical (unpaired) electrons. The molecule has 0 saturated carbocycles. The predicted octanol–water partition coefficient (Wildman–Crippen LogP) is 3.86. The Balaban J connectivity index is 0.913. The lowest BCUT2D eigenvalue weighted by Gasteiger charge is -2.29. The molecule has 4 fully saturated rings. The Morgan fingerprint density at radius 1 is 0.607 bits per heavy atom. The van der Waals surface area contributed by atoms with Gasteiger partial charge < -0.3 is 39.5 Å². The zero-order valence-electron chi connectivity index (χ0n) is 31.3. The van der Waals surface area contributed by atoms with E-state index in [-0.39, 0.29) is 49.8 Å². The molecule has 294 valence electrons. The van der Waals surface area contributed by atoms with Gasteiger partial charge in [-0.2, -0.15) is 0 Å². The zero-order chi connectivity index (χ0) is 39.1. The highest BCUT2D eigenvalue weighted by Gasteiger charge is 2.46. The molecular formula is C40H46N8O8. The number of aromatic nitrogens is 4. The number of carbonyl (C=O) groups excluding carboxylic acids is 4. The molecule has 0 bridgehead atoms. The van der Waals surface area contributed by atoms with E-state index < -0.39 is 36.5 Å². The summed E-state index contributed by atoms with van der Waals surface area (Å²) in [5.74, 6) is 0.946. The maximum atomic E-state index is 13.6. The fourth-order valence-corrected chi connectivity index (χ4v) is 8.74. The molecule has 0 aliphatic carbocycles. The van der Waals surface area contributed by atoms with Crippen LogP contribution in [-0.4, -0.2) is 138 Å². The Labute approximate surface area is 323 Å². The highest BCUT2D eigenvalue weighted by atomic mass is 16.5. The van der Waals surface area contributed by atoms with E-state index in [1.165, 1.54) is 24.0 Å². The van der Waals surface area contributed by atoms with E-state index in [0.29, 0.717) is 24.7 Å². The summed E-state index contributed by atoms with van der Waals surface area (Å²) >= 11 is 0. The molecule has 8 rings (SSSR count). The van der Waals surface area contributed by atoms with Crippen LogP contribution in [0.25, 0.3) is 33.6 Å². The fraction of sp³-hybridized carbons (Fsp3) is 0.450. The second kappa shape index (κ2) is 15.4. The van der Waals surface area contributed by atoms with Crippen molar-refractivity contribution < 1.29 is 38.9 Å². The third-order valence-electron chi connectivity index (χ3n) is 11.6. The van der Waals surface area contributed by atoms with Crippen molar-refractivity contribution in [1.29, 1.82) is 0 Å². The molecular weight excluding hydrogens is 720 g/mol. The highest BCUT2D eigenvalue weighted by Crippen LogP contribution is 2.36. The largest absolute Gasteiger partial charge is 0.453 e. The molecule has 2 aromatic heterocycles. The van der Waals surface area contributed by atoms with Crippen LogP contribution in [0.2, 0.25) is 0 Å². The third kappa shape index (κ3) is 6.98. The molecule has 6 atom stereocenters. The molecule has 4 aliphatic heterocycles. The molecule has 56 heavy (non-hydrogen) atoms. The Kier molecular flexibility index (Phi) is 10.2. The van der Waals surface area contributed by atoms with Gasteiger partial charge in [-0.1, -0.05) is 48.5 Å². The van der Waals surface area contributed by atoms with Crippen molar-refractivity contribution in [3.63, 3.8) is 0 Å². The number of aliphatic hydroxyl groups is 2. The number of aromatic amines is 2. The number of hydrogen-bond acceptors (Lipinski definition) is 10. The number of β-amino-alcohol motifs (C(OH)–C–C–N with tert-alkyl or cyclic N) is 2. The number of H-pyrrole nitrogens is 2. The number of rotatable bonds is 7. The van der Waals surface area contributed by atoms with Crippen LogP contribution in [0, 0.1) is 0 Å². The van der Waals surface area contributed by atoms with Gasteiger partial charge in [-0.15, -0.1) is 0 Å². The van der Waals surface area contributed by atoms with Crippen molar-refractivity contribution in [2.75, 3.05) is 40.4 Å². The topological polar surface area (TPSA) is 198 Å². The van der Waals surface area contributed by atoms with E-state index >= 15 is 0 Å². The summed E-state index contributed by atoms with van der Waals surface area (Å²) in [4.78, 5) is 74.1. The molecule has 4 N–H and O–H groups in total. The lowest BCUT2D eigenvalue weighted by Crippen LogP contribution is -2.47. The van der Waals surface area contributed by atoms with Gasteiger partial charge in [-0.3, -0.25) is 19.4 Å². The van der Waals surface area contributed by atoms with Gasteiger partial charge in [0.15, 0.2) is 0 Å². The van der Waals surface area contributed by atoms with E-state index in [0.717, 1.165) is 59.3 Å². The molecule has 6 heterocycles. The van der Waals surface area contributed by atoms with Crippen molar-refractivity contribution >= 4 is 24.0 Å². The predicted molar refractivity (Wildman–Crippen MR) is 201 cm³/mol. The third-order valence-corrected chi connectivity index (χ3v) is 11.6. The Bertz CT molecular complexity index is 1940. The van der Waals surface area contributed by atoms with E-state index in [1.54, 1.807) is 22.2 Å². The summed E-state index contributed by atoms with van der Waals surface area (Å²) in [6.07, 6.45) is 4.20. The highest BCUT2D eigenvalue weighted by molar-refractivity contribution is 5.88. The van der Waals surface area contributed by atoms with Crippen molar-refractivity contribution in [3.05, 3.63) is 72.6 Å². The molecule has 4 saturated heterocycles. The zero-order valence-corrected chi connectivity index (χ0v) is 31.3. The number of hydrogen-bond donors (Lipinski definition) is 4. The van der Waals surface area contributed by atoms with Gasteiger partial charge in [0.05, 0.1) is 75.4 Å². The fourth-order valence-electron chi connectivity index (χ4n) is 8.74. The number of ether oxygens (including phenoxy) is 2. The first-order valence-electron chi connectivity index (χ1n) is 19.1. The van der Waals surface area contributed by atoms with Gasteiger partial charge in [0.2, 0.25) is 11.8 Å². The molecule has 4 amide bonds. The smallest absolute Gasteiger partial charge is 0.410 e. The minimum Gasteiger partial charge on any atom is -0.453 e. The van der Waals surface area contributed by atoms with Crippen LogP contribution in [0.15, 0.2) is 60.9 Å². The molecule has 0 spiro atoms. The lowest BCUT2D eigenvalue weighted by atomic mass is 10.0. The quantitative estimate of drug-likeness (QED) is 0.214. The number of methoxy groups -OCH3 is 2. The molecule has 0 unspecified atom stereocenters. The molecule has 16 heteroatoms. The van der Waals surface area contributed by atoms with Crippen molar-refractivity contribution in [1.82, 2.24) is 39.5 Å². The van der Waals surface area contributed by atoms with E-state index in [1.807, 2.05) is 48.5 Å². The number of benzene rings is 2. The number of imidazole rings is 2. The Morgan fingerprint density at radius 3 is 1.36 bits per heavy atom. The summed E-state index contributed by atoms with van der Waals surface area (Å²) in [5, 5.41) is 20.4. The Hall–Kier alpha value is -5.74. The van der Waals surface area contributed by atoms with Crippen LogP contribution in [0.3, 0.4) is 0 Å². The SMILES string of the molecule is COC(=O)N1C[C@H](O)C[C@@H]1C(=O)N1CCC[C@@H]1c1ncc(-c2ccc(-c3ccc(-c4cnc([C@H]5CCCN5C(=O)[C@H]5C[C@@H](O)CN5C(=O)OC)[nH]4)cc3)cc2)[nH]1. The van der Waals surface area contributed by atoms with Gasteiger partial charge >= 0.3 is 12.2 Å². The molecule has 4 aliphatic rings. The average molecular weight is 767 g/mol. The summed E-state index contributed by atoms with van der Waals surface area (Å²) in [6, 6.07) is 14.2. The Morgan fingerprint density at radius 2 is 0.982 bits per heavy atom. The van der Waals surface area contributed by atoms with Crippen LogP contribution in [0.5, 0.6) is 0 Å². The van der Waals surface area contributed by atoms with E-state index in [9.17, 15) is 29.4 Å². The monoisotopic (exact) mass is 766 g/mol. The maximum absolute atomic E-state index is 13.6. The molecule has 2 aromatic carbocycles.